The fourth-order valence-corrected chi connectivity index (χ4v) is 7.02. The number of nitrogens with zero attached hydrogens (tertiary/aromatic N) is 3. The minimum absolute atomic E-state index is 0.201. The summed E-state index contributed by atoms with van der Waals surface area (Å²) in [5.74, 6) is 1.98. The zero-order valence-electron chi connectivity index (χ0n) is 22.6. The first-order valence-corrected chi connectivity index (χ1v) is 13.8. The van der Waals surface area contributed by atoms with Crippen molar-refractivity contribution in [2.24, 2.45) is 0 Å². The Balaban J connectivity index is 1.47. The van der Waals surface area contributed by atoms with E-state index in [1.165, 1.54) is 21.0 Å². The molecule has 9 heteroatoms. The quantitative estimate of drug-likeness (QED) is 0.350. The molecule has 1 N–H and O–H groups in total. The van der Waals surface area contributed by atoms with Gasteiger partial charge in [-0.25, -0.2) is 4.79 Å². The van der Waals surface area contributed by atoms with Crippen LogP contribution in [0.3, 0.4) is 0 Å². The summed E-state index contributed by atoms with van der Waals surface area (Å²) in [6.45, 7) is 2.43. The van der Waals surface area contributed by atoms with Crippen LogP contribution in [0, 0.1) is 0 Å². The fraction of sp³-hybridized carbons (Fsp3) is 0.300. The normalized spacial score (nSPS) is 16.5. The first-order chi connectivity index (χ1) is 19.0. The number of hydrogen-bond acceptors (Lipinski definition) is 6. The molecule has 0 radical (unpaired) electrons. The highest BCUT2D eigenvalue weighted by molar-refractivity contribution is 7.15. The van der Waals surface area contributed by atoms with Gasteiger partial charge >= 0.3 is 6.03 Å². The lowest BCUT2D eigenvalue weighted by atomic mass is 10.00. The van der Waals surface area contributed by atoms with E-state index in [1.807, 2.05) is 52.6 Å². The van der Waals surface area contributed by atoms with Gasteiger partial charge in [-0.15, -0.1) is 11.3 Å². The van der Waals surface area contributed by atoms with Gasteiger partial charge in [-0.05, 0) is 61.0 Å². The van der Waals surface area contributed by atoms with Crippen LogP contribution < -0.4 is 19.5 Å². The molecule has 2 aromatic heterocycles. The lowest BCUT2D eigenvalue weighted by Crippen LogP contribution is -2.38. The van der Waals surface area contributed by atoms with Gasteiger partial charge in [0.25, 0.3) is 0 Å². The number of anilines is 1. The van der Waals surface area contributed by atoms with Gasteiger partial charge in [0.05, 0.1) is 45.3 Å². The molecule has 202 valence electrons. The van der Waals surface area contributed by atoms with Crippen LogP contribution in [0.15, 0.2) is 60.8 Å². The second-order valence-electron chi connectivity index (χ2n) is 9.88. The van der Waals surface area contributed by atoms with Crippen molar-refractivity contribution in [1.82, 2.24) is 14.4 Å². The maximum Gasteiger partial charge on any atom is 0.323 e. The predicted octanol–water partition coefficient (Wildman–Crippen LogP) is 5.69. The Labute approximate surface area is 232 Å². The molecule has 0 unspecified atom stereocenters. The molecule has 0 spiro atoms. The van der Waals surface area contributed by atoms with Crippen molar-refractivity contribution < 1.29 is 19.0 Å². The monoisotopic (exact) mass is 544 g/mol. The molecule has 1 atom stereocenters. The third-order valence-corrected chi connectivity index (χ3v) is 8.86. The van der Waals surface area contributed by atoms with Gasteiger partial charge in [-0.1, -0.05) is 12.1 Å². The van der Waals surface area contributed by atoms with Crippen LogP contribution in [0.4, 0.5) is 10.5 Å². The van der Waals surface area contributed by atoms with Crippen molar-refractivity contribution in [1.29, 1.82) is 0 Å². The number of ether oxygens (including phenoxy) is 3. The first kappa shape index (κ1) is 25.3. The summed E-state index contributed by atoms with van der Waals surface area (Å²) >= 11 is 1.84. The van der Waals surface area contributed by atoms with Crippen molar-refractivity contribution in [2.45, 2.75) is 25.6 Å². The number of benzene rings is 2. The van der Waals surface area contributed by atoms with Gasteiger partial charge in [0, 0.05) is 35.8 Å². The van der Waals surface area contributed by atoms with E-state index in [4.69, 9.17) is 14.2 Å². The van der Waals surface area contributed by atoms with Crippen LogP contribution in [0.25, 0.3) is 5.00 Å². The molecular formula is C30H32N4O4S. The summed E-state index contributed by atoms with van der Waals surface area (Å²) in [6.07, 6.45) is 3.09. The number of hydrogen-bond donors (Lipinski definition) is 1. The molecule has 0 fully saturated rings. The van der Waals surface area contributed by atoms with Gasteiger partial charge in [0.15, 0.2) is 0 Å². The molecule has 0 saturated carbocycles. The van der Waals surface area contributed by atoms with Crippen LogP contribution in [-0.4, -0.2) is 55.3 Å². The molecule has 8 nitrogen and oxygen atoms in total. The number of aromatic nitrogens is 1. The standard InChI is InChI=1S/C30H32N4O4S/c1-32-15-13-22-23-17-34(30(35)31-24-12-11-21(37-3)16-26(24)38-4)28(19-7-9-20(36-2)10-8-19)25-6-5-14-33(25)29(23)39-27(22)18-32/h5-12,14,16,28H,13,15,17-18H2,1-4H3,(H,31,35)/t28-/m0/s1. The van der Waals surface area contributed by atoms with E-state index in [9.17, 15) is 4.79 Å². The highest BCUT2D eigenvalue weighted by atomic mass is 32.1. The van der Waals surface area contributed by atoms with Crippen molar-refractivity contribution in [3.8, 4) is 22.2 Å². The number of fused-ring (bicyclic) bond motifs is 5. The Morgan fingerprint density at radius 3 is 2.46 bits per heavy atom. The minimum atomic E-state index is -0.309. The number of rotatable bonds is 5. The van der Waals surface area contributed by atoms with E-state index >= 15 is 0 Å². The van der Waals surface area contributed by atoms with Crippen LogP contribution >= 0.6 is 11.3 Å². The van der Waals surface area contributed by atoms with E-state index < -0.39 is 0 Å². The van der Waals surface area contributed by atoms with E-state index in [0.717, 1.165) is 36.5 Å². The molecular weight excluding hydrogens is 512 g/mol. The molecule has 2 aliphatic rings. The first-order valence-electron chi connectivity index (χ1n) is 12.9. The Kier molecular flexibility index (Phi) is 6.70. The third kappa shape index (κ3) is 4.51. The molecule has 2 aliphatic heterocycles. The van der Waals surface area contributed by atoms with Crippen LogP contribution in [0.5, 0.6) is 17.2 Å². The minimum Gasteiger partial charge on any atom is -0.497 e. The zero-order valence-corrected chi connectivity index (χ0v) is 23.4. The zero-order chi connectivity index (χ0) is 27.1. The molecule has 0 aliphatic carbocycles. The molecule has 4 aromatic rings. The van der Waals surface area contributed by atoms with Gasteiger partial charge in [0.2, 0.25) is 0 Å². The van der Waals surface area contributed by atoms with Crippen molar-refractivity contribution in [3.63, 3.8) is 0 Å². The number of thiophene rings is 1. The van der Waals surface area contributed by atoms with E-state index in [0.29, 0.717) is 23.7 Å². The Morgan fingerprint density at radius 2 is 1.72 bits per heavy atom. The van der Waals surface area contributed by atoms with Crippen molar-refractivity contribution in [3.05, 3.63) is 88.1 Å². The van der Waals surface area contributed by atoms with Crippen LogP contribution in [0.1, 0.15) is 33.3 Å². The van der Waals surface area contributed by atoms with Crippen molar-refractivity contribution in [2.75, 3.05) is 40.2 Å². The third-order valence-electron chi connectivity index (χ3n) is 7.60. The molecule has 4 heterocycles. The predicted molar refractivity (Wildman–Crippen MR) is 153 cm³/mol. The average molecular weight is 545 g/mol. The lowest BCUT2D eigenvalue weighted by molar-refractivity contribution is 0.194. The largest absolute Gasteiger partial charge is 0.497 e. The second-order valence-corrected chi connectivity index (χ2v) is 11.0. The van der Waals surface area contributed by atoms with E-state index in [1.54, 1.807) is 27.4 Å². The SMILES string of the molecule is COc1ccc([C@H]2c3cccn3-c3sc4c(c3CN2C(=O)Nc2ccc(OC)cc2OC)CCN(C)C4)cc1. The topological polar surface area (TPSA) is 68.2 Å². The summed E-state index contributed by atoms with van der Waals surface area (Å²) in [4.78, 5) is 19.9. The summed E-state index contributed by atoms with van der Waals surface area (Å²) in [5.41, 5.74) is 5.25. The Bertz CT molecular complexity index is 1510. The number of amides is 2. The average Bonchev–Trinajstić information content (AvgIpc) is 3.54. The Hall–Kier alpha value is -3.95. The molecule has 2 aromatic carbocycles. The molecule has 39 heavy (non-hydrogen) atoms. The summed E-state index contributed by atoms with van der Waals surface area (Å²) in [6, 6.07) is 17.0. The Morgan fingerprint density at radius 1 is 0.949 bits per heavy atom. The van der Waals surface area contributed by atoms with E-state index in [-0.39, 0.29) is 12.1 Å². The van der Waals surface area contributed by atoms with Crippen LogP contribution in [-0.2, 0) is 19.5 Å². The van der Waals surface area contributed by atoms with Gasteiger partial charge in [-0.2, -0.15) is 0 Å². The fourth-order valence-electron chi connectivity index (χ4n) is 5.58. The summed E-state index contributed by atoms with van der Waals surface area (Å²) in [5, 5.41) is 4.33. The summed E-state index contributed by atoms with van der Waals surface area (Å²) in [7, 11) is 7.02. The highest BCUT2D eigenvalue weighted by Crippen LogP contribution is 2.44. The number of urea groups is 1. The van der Waals surface area contributed by atoms with Gasteiger partial charge < -0.3 is 33.9 Å². The number of carbonyl (C=O) groups is 1. The second kappa shape index (κ2) is 10.3. The number of nitrogens with one attached hydrogen (secondary N) is 1. The number of methoxy groups -OCH3 is 3. The highest BCUT2D eigenvalue weighted by Gasteiger charge is 2.36. The van der Waals surface area contributed by atoms with Crippen molar-refractivity contribution >= 4 is 23.1 Å². The molecule has 0 bridgehead atoms. The maximum atomic E-state index is 14.2. The van der Waals surface area contributed by atoms with Crippen LogP contribution in [0.2, 0.25) is 0 Å². The van der Waals surface area contributed by atoms with E-state index in [2.05, 4.69) is 40.2 Å². The van der Waals surface area contributed by atoms with Gasteiger partial charge in [0.1, 0.15) is 22.2 Å². The maximum absolute atomic E-state index is 14.2. The number of likely N-dealkylation sites (N-methyl/N-ethyl adjacent to an activating group) is 1. The molecule has 6 rings (SSSR count). The molecule has 0 saturated heterocycles. The summed E-state index contributed by atoms with van der Waals surface area (Å²) < 4.78 is 18.6. The smallest absolute Gasteiger partial charge is 0.323 e. The van der Waals surface area contributed by atoms with Gasteiger partial charge in [-0.3, -0.25) is 0 Å². The molecule has 2 amide bonds. The number of carbonyl (C=O) groups excluding carboxylic acids is 1. The lowest BCUT2D eigenvalue weighted by Gasteiger charge is -2.32.